The summed E-state index contributed by atoms with van der Waals surface area (Å²) in [6.45, 7) is 0. The van der Waals surface area contributed by atoms with Crippen LogP contribution in [0.15, 0.2) is 42.5 Å². The van der Waals surface area contributed by atoms with Crippen molar-refractivity contribution >= 4 is 38.3 Å². The first-order valence-electron chi connectivity index (χ1n) is 6.58. The van der Waals surface area contributed by atoms with E-state index in [4.69, 9.17) is 4.74 Å². The zero-order chi connectivity index (χ0) is 16.4. The number of fused-ring (bicyclic) bond motifs is 1. The lowest BCUT2D eigenvalue weighted by atomic mass is 10.2. The van der Waals surface area contributed by atoms with E-state index in [-0.39, 0.29) is 11.3 Å². The zero-order valence-corrected chi connectivity index (χ0v) is 12.8. The number of nitro groups is 1. The van der Waals surface area contributed by atoms with Crippen molar-refractivity contribution in [2.24, 2.45) is 0 Å². The van der Waals surface area contributed by atoms with E-state index in [1.807, 2.05) is 12.1 Å². The summed E-state index contributed by atoms with van der Waals surface area (Å²) >= 11 is 1.30. The van der Waals surface area contributed by atoms with Crippen molar-refractivity contribution in [2.75, 3.05) is 12.4 Å². The number of anilines is 1. The predicted octanol–water partition coefficient (Wildman–Crippen LogP) is 3.47. The number of nitro benzene ring substituents is 1. The first kappa shape index (κ1) is 14.9. The van der Waals surface area contributed by atoms with E-state index in [0.717, 1.165) is 4.70 Å². The maximum Gasteiger partial charge on any atom is 0.270 e. The Balaban J connectivity index is 1.88. The van der Waals surface area contributed by atoms with Crippen LogP contribution >= 0.6 is 11.3 Å². The Morgan fingerprint density at radius 2 is 2.09 bits per heavy atom. The third kappa shape index (κ3) is 2.97. The van der Waals surface area contributed by atoms with Gasteiger partial charge in [-0.3, -0.25) is 20.2 Å². The molecule has 116 valence electrons. The van der Waals surface area contributed by atoms with Crippen LogP contribution in [0.4, 0.5) is 10.8 Å². The Kier molecular flexibility index (Phi) is 3.90. The van der Waals surface area contributed by atoms with E-state index < -0.39 is 10.8 Å². The Morgan fingerprint density at radius 3 is 2.83 bits per heavy atom. The van der Waals surface area contributed by atoms with Crippen molar-refractivity contribution in [1.82, 2.24) is 4.98 Å². The van der Waals surface area contributed by atoms with Gasteiger partial charge in [-0.25, -0.2) is 4.98 Å². The SMILES string of the molecule is COc1cccc2sc(NC(=O)c3cccc([N+](=O)[O-])c3)nc12. The summed E-state index contributed by atoms with van der Waals surface area (Å²) in [6, 6.07) is 11.0. The zero-order valence-electron chi connectivity index (χ0n) is 12.0. The normalized spacial score (nSPS) is 10.5. The minimum absolute atomic E-state index is 0.136. The lowest BCUT2D eigenvalue weighted by Gasteiger charge is -2.01. The summed E-state index contributed by atoms with van der Waals surface area (Å²) in [5.74, 6) is 0.168. The van der Waals surface area contributed by atoms with Crippen LogP contribution < -0.4 is 10.1 Å². The minimum atomic E-state index is -0.542. The largest absolute Gasteiger partial charge is 0.494 e. The number of nitrogens with zero attached hydrogens (tertiary/aromatic N) is 2. The fraction of sp³-hybridized carbons (Fsp3) is 0.0667. The van der Waals surface area contributed by atoms with Gasteiger partial charge in [0.1, 0.15) is 11.3 Å². The van der Waals surface area contributed by atoms with Gasteiger partial charge in [-0.1, -0.05) is 23.5 Å². The first-order chi connectivity index (χ1) is 11.1. The number of rotatable bonds is 4. The van der Waals surface area contributed by atoms with Crippen LogP contribution in [0.1, 0.15) is 10.4 Å². The summed E-state index contributed by atoms with van der Waals surface area (Å²) in [7, 11) is 1.55. The van der Waals surface area contributed by atoms with E-state index in [9.17, 15) is 14.9 Å². The number of carbonyl (C=O) groups is 1. The maximum atomic E-state index is 12.2. The molecule has 7 nitrogen and oxygen atoms in total. The molecule has 0 aliphatic carbocycles. The van der Waals surface area contributed by atoms with Gasteiger partial charge in [0, 0.05) is 17.7 Å². The number of nitrogens with one attached hydrogen (secondary N) is 1. The molecule has 1 N–H and O–H groups in total. The third-order valence-electron chi connectivity index (χ3n) is 3.14. The Labute approximate surface area is 134 Å². The van der Waals surface area contributed by atoms with Crippen LogP contribution in [0.5, 0.6) is 5.75 Å². The van der Waals surface area contributed by atoms with Gasteiger partial charge < -0.3 is 4.74 Å². The number of hydrogen-bond acceptors (Lipinski definition) is 6. The van der Waals surface area contributed by atoms with Crippen LogP contribution in [0.3, 0.4) is 0 Å². The second-order valence-electron chi connectivity index (χ2n) is 4.59. The number of benzene rings is 2. The molecule has 3 rings (SSSR count). The standard InChI is InChI=1S/C15H11N3O4S/c1-22-11-6-3-7-12-13(11)16-15(23-12)17-14(19)9-4-2-5-10(8-9)18(20)21/h2-8H,1H3,(H,16,17,19). The maximum absolute atomic E-state index is 12.2. The summed E-state index contributed by atoms with van der Waals surface area (Å²) in [5, 5.41) is 13.8. The average Bonchev–Trinajstić information content (AvgIpc) is 2.97. The summed E-state index contributed by atoms with van der Waals surface area (Å²) in [5.41, 5.74) is 0.725. The molecule has 23 heavy (non-hydrogen) atoms. The highest BCUT2D eigenvalue weighted by atomic mass is 32.1. The van der Waals surface area contributed by atoms with Gasteiger partial charge >= 0.3 is 0 Å². The van der Waals surface area contributed by atoms with Gasteiger partial charge in [0.15, 0.2) is 5.13 Å². The highest BCUT2D eigenvalue weighted by molar-refractivity contribution is 7.22. The van der Waals surface area contributed by atoms with Crippen LogP contribution in [0.2, 0.25) is 0 Å². The molecular weight excluding hydrogens is 318 g/mol. The van der Waals surface area contributed by atoms with Crippen molar-refractivity contribution in [3.8, 4) is 5.75 Å². The van der Waals surface area contributed by atoms with Crippen molar-refractivity contribution < 1.29 is 14.5 Å². The monoisotopic (exact) mass is 329 g/mol. The molecule has 3 aromatic rings. The summed E-state index contributed by atoms with van der Waals surface area (Å²) < 4.78 is 6.10. The van der Waals surface area contributed by atoms with E-state index >= 15 is 0 Å². The number of ether oxygens (including phenoxy) is 1. The van der Waals surface area contributed by atoms with Crippen molar-refractivity contribution in [2.45, 2.75) is 0 Å². The molecule has 0 spiro atoms. The molecule has 0 unspecified atom stereocenters. The van der Waals surface area contributed by atoms with Crippen LogP contribution in [-0.4, -0.2) is 22.9 Å². The van der Waals surface area contributed by atoms with Crippen molar-refractivity contribution in [1.29, 1.82) is 0 Å². The molecular formula is C15H11N3O4S. The number of para-hydroxylation sites is 1. The third-order valence-corrected chi connectivity index (χ3v) is 4.08. The lowest BCUT2D eigenvalue weighted by Crippen LogP contribution is -2.11. The molecule has 1 aromatic heterocycles. The molecule has 0 bridgehead atoms. The summed E-state index contributed by atoms with van der Waals surface area (Å²) in [6.07, 6.45) is 0. The van der Waals surface area contributed by atoms with Crippen molar-refractivity contribution in [3.63, 3.8) is 0 Å². The molecule has 0 aliphatic heterocycles. The fourth-order valence-electron chi connectivity index (χ4n) is 2.07. The van der Waals surface area contributed by atoms with E-state index in [1.165, 1.54) is 35.6 Å². The van der Waals surface area contributed by atoms with Gasteiger partial charge in [-0.15, -0.1) is 0 Å². The smallest absolute Gasteiger partial charge is 0.270 e. The van der Waals surface area contributed by atoms with Gasteiger partial charge in [0.2, 0.25) is 0 Å². The molecule has 8 heteroatoms. The molecule has 2 aromatic carbocycles. The Bertz CT molecular complexity index is 907. The second kappa shape index (κ2) is 6.01. The van der Waals surface area contributed by atoms with Crippen LogP contribution in [0.25, 0.3) is 10.2 Å². The number of thiazole rings is 1. The van der Waals surface area contributed by atoms with Crippen molar-refractivity contribution in [3.05, 3.63) is 58.1 Å². The van der Waals surface area contributed by atoms with Crippen LogP contribution in [0, 0.1) is 10.1 Å². The number of methoxy groups -OCH3 is 1. The van der Waals surface area contributed by atoms with Crippen LogP contribution in [-0.2, 0) is 0 Å². The van der Waals surface area contributed by atoms with Gasteiger partial charge in [0.25, 0.3) is 11.6 Å². The quantitative estimate of drug-likeness (QED) is 0.584. The summed E-state index contributed by atoms with van der Waals surface area (Å²) in [4.78, 5) is 26.8. The molecule has 0 atom stereocenters. The van der Waals surface area contributed by atoms with E-state index in [0.29, 0.717) is 16.4 Å². The van der Waals surface area contributed by atoms with Gasteiger partial charge in [-0.2, -0.15) is 0 Å². The molecule has 0 saturated heterocycles. The Hall–Kier alpha value is -3.00. The number of carbonyl (C=O) groups excluding carboxylic acids is 1. The first-order valence-corrected chi connectivity index (χ1v) is 7.39. The highest BCUT2D eigenvalue weighted by Crippen LogP contribution is 2.32. The van der Waals surface area contributed by atoms with E-state index in [1.54, 1.807) is 13.2 Å². The second-order valence-corrected chi connectivity index (χ2v) is 5.62. The fourth-order valence-corrected chi connectivity index (χ4v) is 2.95. The van der Waals surface area contributed by atoms with E-state index in [2.05, 4.69) is 10.3 Å². The highest BCUT2D eigenvalue weighted by Gasteiger charge is 2.14. The van der Waals surface area contributed by atoms with Gasteiger partial charge in [-0.05, 0) is 18.2 Å². The molecule has 0 saturated carbocycles. The molecule has 0 aliphatic rings. The number of aromatic nitrogens is 1. The molecule has 0 radical (unpaired) electrons. The van der Waals surface area contributed by atoms with Gasteiger partial charge in [0.05, 0.1) is 16.7 Å². The molecule has 1 heterocycles. The minimum Gasteiger partial charge on any atom is -0.494 e. The average molecular weight is 329 g/mol. The lowest BCUT2D eigenvalue weighted by molar-refractivity contribution is -0.384. The Morgan fingerprint density at radius 1 is 1.30 bits per heavy atom. The topological polar surface area (TPSA) is 94.4 Å². The number of non-ortho nitro benzene ring substituents is 1. The molecule has 0 fully saturated rings. The number of amides is 1. The number of hydrogen-bond donors (Lipinski definition) is 1. The molecule has 1 amide bonds. The predicted molar refractivity (Wildman–Crippen MR) is 87.2 cm³/mol.